The van der Waals surface area contributed by atoms with Gasteiger partial charge in [-0.2, -0.15) is 0 Å². The fourth-order valence-electron chi connectivity index (χ4n) is 2.66. The molecule has 1 heterocycles. The Balaban J connectivity index is 0.00000264. The van der Waals surface area contributed by atoms with E-state index in [0.29, 0.717) is 23.1 Å². The molecule has 24 heavy (non-hydrogen) atoms. The van der Waals surface area contributed by atoms with Gasteiger partial charge >= 0.3 is 0 Å². The highest BCUT2D eigenvalue weighted by atomic mass is 35.5. The number of methoxy groups -OCH3 is 1. The topological polar surface area (TPSA) is 42.5 Å². The lowest BCUT2D eigenvalue weighted by Crippen LogP contribution is -2.33. The highest BCUT2D eigenvalue weighted by Gasteiger charge is 2.14. The zero-order valence-corrected chi connectivity index (χ0v) is 16.4. The van der Waals surface area contributed by atoms with E-state index in [1.165, 1.54) is 12.8 Å². The van der Waals surface area contributed by atoms with E-state index in [1.54, 1.807) is 13.2 Å². The van der Waals surface area contributed by atoms with Gasteiger partial charge in [-0.1, -0.05) is 24.3 Å². The molecule has 2 rings (SSSR count). The largest absolute Gasteiger partial charge is 0.493 e. The van der Waals surface area contributed by atoms with Crippen LogP contribution in [0.5, 0.6) is 11.5 Å². The summed E-state index contributed by atoms with van der Waals surface area (Å²) in [6, 6.07) is 3.90. The van der Waals surface area contributed by atoms with Gasteiger partial charge in [-0.25, -0.2) is 0 Å². The molecule has 1 aliphatic rings. The van der Waals surface area contributed by atoms with E-state index >= 15 is 0 Å². The number of benzene rings is 1. The third-order valence-electron chi connectivity index (χ3n) is 3.86. The van der Waals surface area contributed by atoms with Gasteiger partial charge in [0.25, 0.3) is 0 Å². The van der Waals surface area contributed by atoms with Crippen LogP contribution in [-0.4, -0.2) is 33.4 Å². The maximum Gasteiger partial charge on any atom is 0.180 e. The number of ether oxygens (including phenoxy) is 2. The van der Waals surface area contributed by atoms with Crippen molar-refractivity contribution in [2.75, 3.05) is 33.4 Å². The van der Waals surface area contributed by atoms with Gasteiger partial charge in [0, 0.05) is 6.54 Å². The number of piperidine rings is 1. The van der Waals surface area contributed by atoms with Gasteiger partial charge in [0.1, 0.15) is 6.61 Å². The normalized spacial score (nSPS) is 14.2. The van der Waals surface area contributed by atoms with Gasteiger partial charge in [-0.05, 0) is 56.1 Å². The molecule has 1 aromatic carbocycles. The Bertz CT molecular complexity index is 495. The van der Waals surface area contributed by atoms with E-state index in [0.717, 1.165) is 37.7 Å². The average Bonchev–Trinajstić information content (AvgIpc) is 2.54. The molecule has 0 radical (unpaired) electrons. The second kappa shape index (κ2) is 12.7. The predicted octanol–water partition coefficient (Wildman–Crippen LogP) is 3.85. The SMILES string of the molecule is C=CCOc1c(Cl)cc(CNCC2CCNCC2)cc1OC.Cl.Cl. The molecule has 0 unspecified atom stereocenters. The standard InChI is InChI=1S/C17H25ClN2O2.2ClH/c1-3-8-22-17-15(18)9-14(10-16(17)21-2)12-20-11-13-4-6-19-7-5-13;;/h3,9-10,13,19-20H,1,4-8,11-12H2,2H3;2*1H. The summed E-state index contributed by atoms with van der Waals surface area (Å²) >= 11 is 6.30. The van der Waals surface area contributed by atoms with E-state index in [-0.39, 0.29) is 24.8 Å². The van der Waals surface area contributed by atoms with E-state index in [2.05, 4.69) is 17.2 Å². The van der Waals surface area contributed by atoms with Crippen molar-refractivity contribution in [3.05, 3.63) is 35.4 Å². The Morgan fingerprint density at radius 3 is 2.67 bits per heavy atom. The third kappa shape index (κ3) is 7.08. The second-order valence-corrected chi connectivity index (χ2v) is 5.94. The van der Waals surface area contributed by atoms with Gasteiger partial charge in [-0.3, -0.25) is 0 Å². The van der Waals surface area contributed by atoms with Crippen molar-refractivity contribution in [2.24, 2.45) is 5.92 Å². The van der Waals surface area contributed by atoms with Crippen LogP contribution in [0.3, 0.4) is 0 Å². The van der Waals surface area contributed by atoms with Crippen molar-refractivity contribution in [3.8, 4) is 11.5 Å². The minimum Gasteiger partial charge on any atom is -0.493 e. The maximum absolute atomic E-state index is 6.30. The minimum atomic E-state index is 0. The molecule has 0 atom stereocenters. The van der Waals surface area contributed by atoms with Gasteiger partial charge < -0.3 is 20.1 Å². The number of hydrogen-bond donors (Lipinski definition) is 2. The van der Waals surface area contributed by atoms with Crippen LogP contribution >= 0.6 is 36.4 Å². The van der Waals surface area contributed by atoms with Crippen LogP contribution in [0.1, 0.15) is 18.4 Å². The summed E-state index contributed by atoms with van der Waals surface area (Å²) < 4.78 is 10.9. The molecule has 0 aromatic heterocycles. The van der Waals surface area contributed by atoms with Crippen molar-refractivity contribution >= 4 is 36.4 Å². The molecule has 1 fully saturated rings. The van der Waals surface area contributed by atoms with E-state index in [9.17, 15) is 0 Å². The van der Waals surface area contributed by atoms with Gasteiger partial charge in [0.15, 0.2) is 11.5 Å². The first-order valence-electron chi connectivity index (χ1n) is 7.76. The molecule has 0 spiro atoms. The minimum absolute atomic E-state index is 0. The first-order valence-corrected chi connectivity index (χ1v) is 8.14. The van der Waals surface area contributed by atoms with Crippen LogP contribution in [0, 0.1) is 5.92 Å². The van der Waals surface area contributed by atoms with Crippen LogP contribution in [-0.2, 0) is 6.54 Å². The summed E-state index contributed by atoms with van der Waals surface area (Å²) in [5.74, 6) is 1.99. The van der Waals surface area contributed by atoms with Crippen molar-refractivity contribution in [2.45, 2.75) is 19.4 Å². The van der Waals surface area contributed by atoms with E-state index in [1.807, 2.05) is 12.1 Å². The number of nitrogens with one attached hydrogen (secondary N) is 2. The molecule has 0 aliphatic carbocycles. The van der Waals surface area contributed by atoms with Crippen molar-refractivity contribution in [1.29, 1.82) is 0 Å². The first kappa shape index (κ1) is 23.4. The fourth-order valence-corrected chi connectivity index (χ4v) is 2.95. The summed E-state index contributed by atoms with van der Waals surface area (Å²) in [6.07, 6.45) is 4.17. The number of hydrogen-bond acceptors (Lipinski definition) is 4. The highest BCUT2D eigenvalue weighted by molar-refractivity contribution is 6.32. The van der Waals surface area contributed by atoms with E-state index in [4.69, 9.17) is 21.1 Å². The Hall–Kier alpha value is -0.650. The van der Waals surface area contributed by atoms with Crippen molar-refractivity contribution < 1.29 is 9.47 Å². The van der Waals surface area contributed by atoms with Gasteiger partial charge in [0.2, 0.25) is 0 Å². The molecule has 1 aliphatic heterocycles. The Morgan fingerprint density at radius 2 is 2.04 bits per heavy atom. The Labute approximate surface area is 162 Å². The summed E-state index contributed by atoms with van der Waals surface area (Å²) in [6.45, 7) is 8.12. The average molecular weight is 398 g/mol. The zero-order chi connectivity index (χ0) is 15.8. The van der Waals surface area contributed by atoms with Crippen LogP contribution in [0.2, 0.25) is 5.02 Å². The summed E-state index contributed by atoms with van der Waals surface area (Å²) in [7, 11) is 1.62. The molecular weight excluding hydrogens is 371 g/mol. The molecule has 138 valence electrons. The third-order valence-corrected chi connectivity index (χ3v) is 4.14. The van der Waals surface area contributed by atoms with Crippen LogP contribution in [0.4, 0.5) is 0 Å². The van der Waals surface area contributed by atoms with Gasteiger partial charge in [0.05, 0.1) is 12.1 Å². The Morgan fingerprint density at radius 1 is 1.33 bits per heavy atom. The van der Waals surface area contributed by atoms with E-state index < -0.39 is 0 Å². The lowest BCUT2D eigenvalue weighted by atomic mass is 9.98. The first-order chi connectivity index (χ1) is 10.7. The molecule has 7 heteroatoms. The molecule has 2 N–H and O–H groups in total. The lowest BCUT2D eigenvalue weighted by Gasteiger charge is -2.23. The molecule has 0 amide bonds. The predicted molar refractivity (Wildman–Crippen MR) is 105 cm³/mol. The van der Waals surface area contributed by atoms with Crippen LogP contribution in [0.15, 0.2) is 24.8 Å². The summed E-state index contributed by atoms with van der Waals surface area (Å²) in [4.78, 5) is 0. The van der Waals surface area contributed by atoms with Crippen molar-refractivity contribution in [3.63, 3.8) is 0 Å². The smallest absolute Gasteiger partial charge is 0.180 e. The van der Waals surface area contributed by atoms with Crippen molar-refractivity contribution in [1.82, 2.24) is 10.6 Å². The number of rotatable bonds is 8. The molecular formula is C17H27Cl3N2O2. The molecule has 4 nitrogen and oxygen atoms in total. The molecule has 0 bridgehead atoms. The molecule has 1 saturated heterocycles. The highest BCUT2D eigenvalue weighted by Crippen LogP contribution is 2.36. The lowest BCUT2D eigenvalue weighted by molar-refractivity contribution is 0.326. The Kier molecular flexibility index (Phi) is 12.3. The fraction of sp³-hybridized carbons (Fsp3) is 0.529. The molecule has 1 aromatic rings. The molecule has 0 saturated carbocycles. The maximum atomic E-state index is 6.30. The monoisotopic (exact) mass is 396 g/mol. The van der Waals surface area contributed by atoms with Gasteiger partial charge in [-0.15, -0.1) is 24.8 Å². The van der Waals surface area contributed by atoms with Crippen LogP contribution < -0.4 is 20.1 Å². The van der Waals surface area contributed by atoms with Crippen LogP contribution in [0.25, 0.3) is 0 Å². The number of halogens is 3. The zero-order valence-electron chi connectivity index (χ0n) is 14.0. The summed E-state index contributed by atoms with van der Waals surface area (Å²) in [5.41, 5.74) is 1.10. The second-order valence-electron chi connectivity index (χ2n) is 5.53. The quantitative estimate of drug-likeness (QED) is 0.654. The summed E-state index contributed by atoms with van der Waals surface area (Å²) in [5, 5.41) is 7.47.